The highest BCUT2D eigenvalue weighted by molar-refractivity contribution is 7.09. The summed E-state index contributed by atoms with van der Waals surface area (Å²) in [5, 5.41) is 15.0. The van der Waals surface area contributed by atoms with Crippen molar-refractivity contribution in [3.8, 4) is 6.07 Å². The van der Waals surface area contributed by atoms with E-state index in [2.05, 4.69) is 21.3 Å². The number of anilines is 1. The lowest BCUT2D eigenvalue weighted by Gasteiger charge is -2.28. The van der Waals surface area contributed by atoms with Gasteiger partial charge in [0.15, 0.2) is 0 Å². The Balaban J connectivity index is 1.88. The van der Waals surface area contributed by atoms with Gasteiger partial charge in [-0.15, -0.1) is 11.3 Å². The summed E-state index contributed by atoms with van der Waals surface area (Å²) in [6.45, 7) is 5.04. The Labute approximate surface area is 139 Å². The third kappa shape index (κ3) is 3.06. The van der Waals surface area contributed by atoms with Crippen molar-refractivity contribution in [3.63, 3.8) is 0 Å². The molecule has 2 heterocycles. The number of nitrogens with zero attached hydrogens (tertiary/aromatic N) is 3. The van der Waals surface area contributed by atoms with Crippen molar-refractivity contribution in [1.29, 1.82) is 5.26 Å². The van der Waals surface area contributed by atoms with Gasteiger partial charge in [0, 0.05) is 36.8 Å². The molecule has 0 spiro atoms. The van der Waals surface area contributed by atoms with E-state index in [1.807, 2.05) is 36.6 Å². The second-order valence-corrected chi connectivity index (χ2v) is 6.75. The van der Waals surface area contributed by atoms with Gasteiger partial charge in [-0.2, -0.15) is 5.26 Å². The number of carbonyl (C=O) groups is 1. The highest BCUT2D eigenvalue weighted by atomic mass is 32.1. The number of aryl methyl sites for hydroxylation is 1. The molecule has 3 rings (SSSR count). The maximum Gasteiger partial charge on any atom is 0.217 e. The summed E-state index contributed by atoms with van der Waals surface area (Å²) >= 11 is 1.60. The molecule has 1 fully saturated rings. The highest BCUT2D eigenvalue weighted by Crippen LogP contribution is 2.36. The second kappa shape index (κ2) is 6.01. The van der Waals surface area contributed by atoms with Gasteiger partial charge in [-0.1, -0.05) is 0 Å². The summed E-state index contributed by atoms with van der Waals surface area (Å²) in [6.07, 6.45) is 0.819. The maximum atomic E-state index is 11.7. The Bertz CT molecular complexity index is 762. The third-order valence-electron chi connectivity index (χ3n) is 4.07. The van der Waals surface area contributed by atoms with Crippen LogP contribution in [0.5, 0.6) is 0 Å². The molecule has 1 aliphatic heterocycles. The number of thiazole rings is 1. The van der Waals surface area contributed by atoms with E-state index >= 15 is 0 Å². The van der Waals surface area contributed by atoms with E-state index in [-0.39, 0.29) is 5.91 Å². The number of carbonyl (C=O) groups excluding carboxylic acids is 1. The zero-order valence-electron chi connectivity index (χ0n) is 13.2. The van der Waals surface area contributed by atoms with Crippen molar-refractivity contribution in [2.45, 2.75) is 25.8 Å². The van der Waals surface area contributed by atoms with E-state index < -0.39 is 5.54 Å². The summed E-state index contributed by atoms with van der Waals surface area (Å²) in [6, 6.07) is 9.68. The fourth-order valence-electron chi connectivity index (χ4n) is 3.02. The number of benzene rings is 1. The molecule has 1 aliphatic rings. The summed E-state index contributed by atoms with van der Waals surface area (Å²) < 4.78 is 0. The van der Waals surface area contributed by atoms with Crippen LogP contribution in [0.1, 0.15) is 29.6 Å². The van der Waals surface area contributed by atoms with Crippen LogP contribution in [0.4, 0.5) is 5.69 Å². The van der Waals surface area contributed by atoms with Crippen molar-refractivity contribution in [2.75, 3.05) is 18.0 Å². The van der Waals surface area contributed by atoms with Gasteiger partial charge in [-0.25, -0.2) is 4.98 Å². The molecule has 1 saturated heterocycles. The average Bonchev–Trinajstić information content (AvgIpc) is 3.14. The first-order chi connectivity index (χ1) is 11.0. The minimum Gasteiger partial charge on any atom is -0.369 e. The Morgan fingerprint density at radius 2 is 2.17 bits per heavy atom. The van der Waals surface area contributed by atoms with Crippen LogP contribution >= 0.6 is 11.3 Å². The summed E-state index contributed by atoms with van der Waals surface area (Å²) in [4.78, 5) is 18.6. The number of nitrogens with one attached hydrogen (secondary N) is 1. The number of rotatable bonds is 3. The van der Waals surface area contributed by atoms with Crippen molar-refractivity contribution >= 4 is 22.9 Å². The van der Waals surface area contributed by atoms with E-state index in [9.17, 15) is 4.79 Å². The zero-order valence-corrected chi connectivity index (χ0v) is 14.0. The minimum atomic E-state index is -0.432. The molecule has 1 atom stereocenters. The summed E-state index contributed by atoms with van der Waals surface area (Å²) in [5.74, 6) is -0.0421. The van der Waals surface area contributed by atoms with Crippen molar-refractivity contribution < 1.29 is 4.79 Å². The fraction of sp³-hybridized carbons (Fsp3) is 0.353. The van der Waals surface area contributed by atoms with Gasteiger partial charge in [-0.05, 0) is 37.6 Å². The molecule has 0 aliphatic carbocycles. The van der Waals surface area contributed by atoms with Crippen molar-refractivity contribution in [3.05, 3.63) is 45.9 Å². The highest BCUT2D eigenvalue weighted by Gasteiger charge is 2.42. The molecule has 1 aromatic heterocycles. The van der Waals surface area contributed by atoms with Gasteiger partial charge in [-0.3, -0.25) is 4.79 Å². The SMILES string of the molecule is CC(=O)NC1(c2nc(C)cs2)CCN(c2ccc(C#N)cc2)C1. The van der Waals surface area contributed by atoms with E-state index in [0.717, 1.165) is 29.4 Å². The monoisotopic (exact) mass is 326 g/mol. The van der Waals surface area contributed by atoms with Crippen LogP contribution in [0.15, 0.2) is 29.6 Å². The Morgan fingerprint density at radius 3 is 2.74 bits per heavy atom. The first-order valence-corrected chi connectivity index (χ1v) is 8.37. The van der Waals surface area contributed by atoms with Crippen LogP contribution in [0, 0.1) is 18.3 Å². The lowest BCUT2D eigenvalue weighted by Crippen LogP contribution is -2.47. The van der Waals surface area contributed by atoms with Crippen LogP contribution in [0.25, 0.3) is 0 Å². The lowest BCUT2D eigenvalue weighted by molar-refractivity contribution is -0.120. The summed E-state index contributed by atoms with van der Waals surface area (Å²) in [7, 11) is 0. The van der Waals surface area contributed by atoms with Crippen LogP contribution in [0.2, 0.25) is 0 Å². The van der Waals surface area contributed by atoms with Crippen molar-refractivity contribution in [2.24, 2.45) is 0 Å². The fourth-order valence-corrected chi connectivity index (χ4v) is 3.99. The molecule has 1 unspecified atom stereocenters. The van der Waals surface area contributed by atoms with E-state index in [1.54, 1.807) is 18.3 Å². The molecule has 1 N–H and O–H groups in total. The smallest absolute Gasteiger partial charge is 0.217 e. The predicted molar refractivity (Wildman–Crippen MR) is 90.3 cm³/mol. The molecule has 23 heavy (non-hydrogen) atoms. The molecule has 1 aromatic carbocycles. The average molecular weight is 326 g/mol. The molecule has 0 saturated carbocycles. The lowest BCUT2D eigenvalue weighted by atomic mass is 9.99. The second-order valence-electron chi connectivity index (χ2n) is 5.89. The van der Waals surface area contributed by atoms with E-state index in [0.29, 0.717) is 12.1 Å². The van der Waals surface area contributed by atoms with Gasteiger partial charge < -0.3 is 10.2 Å². The van der Waals surface area contributed by atoms with E-state index in [1.165, 1.54) is 0 Å². The largest absolute Gasteiger partial charge is 0.369 e. The first-order valence-electron chi connectivity index (χ1n) is 7.49. The Morgan fingerprint density at radius 1 is 1.43 bits per heavy atom. The third-order valence-corrected chi connectivity index (χ3v) is 5.24. The van der Waals surface area contributed by atoms with Crippen LogP contribution in [-0.4, -0.2) is 24.0 Å². The van der Waals surface area contributed by atoms with Gasteiger partial charge >= 0.3 is 0 Å². The van der Waals surface area contributed by atoms with Gasteiger partial charge in [0.2, 0.25) is 5.91 Å². The molecule has 2 aromatic rings. The molecular weight excluding hydrogens is 308 g/mol. The minimum absolute atomic E-state index is 0.0421. The number of nitriles is 1. The number of hydrogen-bond acceptors (Lipinski definition) is 5. The topological polar surface area (TPSA) is 69.0 Å². The molecule has 0 bridgehead atoms. The van der Waals surface area contributed by atoms with E-state index in [4.69, 9.17) is 5.26 Å². The molecule has 118 valence electrons. The molecule has 5 nitrogen and oxygen atoms in total. The molecule has 0 radical (unpaired) electrons. The number of hydrogen-bond donors (Lipinski definition) is 1. The maximum absolute atomic E-state index is 11.7. The number of amides is 1. The van der Waals surface area contributed by atoms with Gasteiger partial charge in [0.05, 0.1) is 11.6 Å². The Hall–Kier alpha value is -2.39. The first kappa shape index (κ1) is 15.5. The normalized spacial score (nSPS) is 20.3. The van der Waals surface area contributed by atoms with Gasteiger partial charge in [0.25, 0.3) is 0 Å². The quantitative estimate of drug-likeness (QED) is 0.941. The van der Waals surface area contributed by atoms with Crippen LogP contribution < -0.4 is 10.2 Å². The van der Waals surface area contributed by atoms with Crippen LogP contribution in [-0.2, 0) is 10.3 Å². The van der Waals surface area contributed by atoms with Crippen LogP contribution in [0.3, 0.4) is 0 Å². The molecular formula is C17H18N4OS. The van der Waals surface area contributed by atoms with Crippen molar-refractivity contribution in [1.82, 2.24) is 10.3 Å². The van der Waals surface area contributed by atoms with Gasteiger partial charge in [0.1, 0.15) is 10.5 Å². The predicted octanol–water partition coefficient (Wildman–Crippen LogP) is 2.56. The Kier molecular flexibility index (Phi) is 4.05. The molecule has 6 heteroatoms. The molecule has 1 amide bonds. The zero-order chi connectivity index (χ0) is 16.4. The standard InChI is InChI=1S/C17H18N4OS/c1-12-10-23-16(19-12)17(20-13(2)22)7-8-21(11-17)15-5-3-14(9-18)4-6-15/h3-6,10H,7-8,11H2,1-2H3,(H,20,22). The summed E-state index contributed by atoms with van der Waals surface area (Å²) in [5.41, 5.74) is 2.26. The number of aromatic nitrogens is 1.